The van der Waals surface area contributed by atoms with Gasteiger partial charge in [-0.1, -0.05) is 13.8 Å². The summed E-state index contributed by atoms with van der Waals surface area (Å²) in [4.78, 5) is 0. The third-order valence-corrected chi connectivity index (χ3v) is 3.59. The second-order valence-electron chi connectivity index (χ2n) is 4.75. The van der Waals surface area contributed by atoms with E-state index >= 15 is 0 Å². The monoisotopic (exact) mass is 156 g/mol. The van der Waals surface area contributed by atoms with Gasteiger partial charge in [-0.2, -0.15) is 0 Å². The van der Waals surface area contributed by atoms with Gasteiger partial charge in [0, 0.05) is 5.92 Å². The van der Waals surface area contributed by atoms with Crippen molar-refractivity contribution in [3.05, 3.63) is 0 Å². The Labute approximate surface area is 67.2 Å². The molecule has 64 valence electrons. The summed E-state index contributed by atoms with van der Waals surface area (Å²) < 4.78 is 0. The Hall–Kier alpha value is -0.0800. The van der Waals surface area contributed by atoms with Gasteiger partial charge in [-0.3, -0.25) is 0 Å². The fourth-order valence-electron chi connectivity index (χ4n) is 2.84. The fraction of sp³-hybridized carbons (Fsp3) is 1.00. The predicted molar refractivity (Wildman–Crippen MR) is 42.0 cm³/mol. The van der Waals surface area contributed by atoms with Crippen LogP contribution in [0.4, 0.5) is 0 Å². The van der Waals surface area contributed by atoms with Crippen molar-refractivity contribution >= 4 is 0 Å². The maximum absolute atomic E-state index is 9.57. The quantitative estimate of drug-likeness (QED) is 0.544. The molecular formula is C9H16O2. The molecule has 0 bridgehead atoms. The largest absolute Gasteiger partial charge is 0.393 e. The van der Waals surface area contributed by atoms with Gasteiger partial charge in [0.1, 0.15) is 0 Å². The second-order valence-corrected chi connectivity index (χ2v) is 4.75. The van der Waals surface area contributed by atoms with Crippen LogP contribution in [0.5, 0.6) is 0 Å². The van der Waals surface area contributed by atoms with Gasteiger partial charge < -0.3 is 10.2 Å². The lowest BCUT2D eigenvalue weighted by Gasteiger charge is -2.43. The number of aliphatic hydroxyl groups is 2. The van der Waals surface area contributed by atoms with Gasteiger partial charge in [0.2, 0.25) is 0 Å². The van der Waals surface area contributed by atoms with Crippen LogP contribution in [0.2, 0.25) is 0 Å². The highest BCUT2D eigenvalue weighted by Crippen LogP contribution is 2.56. The first-order valence-electron chi connectivity index (χ1n) is 4.38. The third kappa shape index (κ3) is 0.859. The zero-order valence-electron chi connectivity index (χ0n) is 7.12. The fourth-order valence-corrected chi connectivity index (χ4v) is 2.84. The molecule has 2 fully saturated rings. The van der Waals surface area contributed by atoms with Crippen LogP contribution in [0.15, 0.2) is 0 Å². The Bertz CT molecular complexity index is 176. The summed E-state index contributed by atoms with van der Waals surface area (Å²) in [5, 5.41) is 18.9. The maximum atomic E-state index is 9.57. The topological polar surface area (TPSA) is 40.5 Å². The van der Waals surface area contributed by atoms with Crippen LogP contribution in [0, 0.1) is 17.3 Å². The van der Waals surface area contributed by atoms with Crippen molar-refractivity contribution in [2.45, 2.75) is 38.9 Å². The smallest absolute Gasteiger partial charge is 0.0601 e. The third-order valence-electron chi connectivity index (χ3n) is 3.59. The minimum Gasteiger partial charge on any atom is -0.393 e. The average Bonchev–Trinajstić information content (AvgIpc) is 1.96. The van der Waals surface area contributed by atoms with Gasteiger partial charge in [0.15, 0.2) is 0 Å². The molecule has 0 aliphatic heterocycles. The molecule has 0 aromatic heterocycles. The highest BCUT2D eigenvalue weighted by Gasteiger charge is 2.57. The normalized spacial score (nSPS) is 53.5. The van der Waals surface area contributed by atoms with Crippen molar-refractivity contribution < 1.29 is 10.2 Å². The number of rotatable bonds is 0. The van der Waals surface area contributed by atoms with Gasteiger partial charge in [0.05, 0.1) is 12.2 Å². The van der Waals surface area contributed by atoms with E-state index in [-0.39, 0.29) is 23.5 Å². The van der Waals surface area contributed by atoms with E-state index in [4.69, 9.17) is 0 Å². The molecular weight excluding hydrogens is 140 g/mol. The Balaban J connectivity index is 2.17. The Kier molecular flexibility index (Phi) is 1.37. The molecule has 2 nitrogen and oxygen atoms in total. The van der Waals surface area contributed by atoms with Gasteiger partial charge in [-0.05, 0) is 24.2 Å². The summed E-state index contributed by atoms with van der Waals surface area (Å²) in [6, 6.07) is 0. The van der Waals surface area contributed by atoms with E-state index < -0.39 is 0 Å². The molecule has 11 heavy (non-hydrogen) atoms. The van der Waals surface area contributed by atoms with E-state index in [1.54, 1.807) is 0 Å². The predicted octanol–water partition coefficient (Wildman–Crippen LogP) is 0.774. The average molecular weight is 156 g/mol. The molecule has 2 rings (SSSR count). The van der Waals surface area contributed by atoms with E-state index in [0.29, 0.717) is 5.92 Å². The second kappa shape index (κ2) is 1.99. The van der Waals surface area contributed by atoms with Gasteiger partial charge in [-0.15, -0.1) is 0 Å². The van der Waals surface area contributed by atoms with E-state index in [9.17, 15) is 10.2 Å². The number of hydrogen-bond donors (Lipinski definition) is 2. The summed E-state index contributed by atoms with van der Waals surface area (Å²) >= 11 is 0. The highest BCUT2D eigenvalue weighted by molar-refractivity contribution is 5.06. The number of aliphatic hydroxyl groups excluding tert-OH is 2. The van der Waals surface area contributed by atoms with Gasteiger partial charge >= 0.3 is 0 Å². The summed E-state index contributed by atoms with van der Waals surface area (Å²) in [6.45, 7) is 4.37. The van der Waals surface area contributed by atoms with Crippen molar-refractivity contribution in [2.75, 3.05) is 0 Å². The van der Waals surface area contributed by atoms with Gasteiger partial charge in [-0.25, -0.2) is 0 Å². The van der Waals surface area contributed by atoms with E-state index in [1.165, 1.54) is 0 Å². The van der Waals surface area contributed by atoms with Gasteiger partial charge in [0.25, 0.3) is 0 Å². The molecule has 0 aromatic carbocycles. The molecule has 2 N–H and O–H groups in total. The first kappa shape index (κ1) is 7.56. The Morgan fingerprint density at radius 1 is 1.18 bits per heavy atom. The zero-order valence-corrected chi connectivity index (χ0v) is 7.12. The minimum atomic E-state index is -0.251. The van der Waals surface area contributed by atoms with Crippen LogP contribution in [0.3, 0.4) is 0 Å². The van der Waals surface area contributed by atoms with Crippen molar-refractivity contribution in [2.24, 2.45) is 17.3 Å². The SMILES string of the molecule is CC1(C)C[C@H](O)[C@@H]2[C@H](O)C[C@@H]21. The van der Waals surface area contributed by atoms with Crippen molar-refractivity contribution in [1.29, 1.82) is 0 Å². The lowest BCUT2D eigenvalue weighted by Crippen LogP contribution is -2.45. The number of fused-ring (bicyclic) bond motifs is 1. The summed E-state index contributed by atoms with van der Waals surface area (Å²) in [5.41, 5.74) is 0.253. The molecule has 4 atom stereocenters. The lowest BCUT2D eigenvalue weighted by atomic mass is 9.65. The summed E-state index contributed by atoms with van der Waals surface area (Å²) in [6.07, 6.45) is 1.28. The lowest BCUT2D eigenvalue weighted by molar-refractivity contribution is -0.0789. The Morgan fingerprint density at radius 3 is 2.18 bits per heavy atom. The van der Waals surface area contributed by atoms with E-state index in [1.807, 2.05) is 0 Å². The van der Waals surface area contributed by atoms with E-state index in [0.717, 1.165) is 12.8 Å². The van der Waals surface area contributed by atoms with Crippen LogP contribution in [-0.2, 0) is 0 Å². The van der Waals surface area contributed by atoms with Crippen molar-refractivity contribution in [3.8, 4) is 0 Å². The van der Waals surface area contributed by atoms with E-state index in [2.05, 4.69) is 13.8 Å². The summed E-state index contributed by atoms with van der Waals surface area (Å²) in [5.74, 6) is 0.748. The molecule has 0 saturated heterocycles. The van der Waals surface area contributed by atoms with Crippen LogP contribution in [-0.4, -0.2) is 22.4 Å². The van der Waals surface area contributed by atoms with Crippen LogP contribution < -0.4 is 0 Å². The molecule has 0 aromatic rings. The van der Waals surface area contributed by atoms with Crippen LogP contribution in [0.25, 0.3) is 0 Å². The maximum Gasteiger partial charge on any atom is 0.0601 e. The standard InChI is InChI=1S/C9H16O2/c1-9(2)4-7(11)8-5(9)3-6(8)10/h5-8,10-11H,3-4H2,1-2H3/t5-,6+,7-,8-/m0/s1. The van der Waals surface area contributed by atoms with Crippen LogP contribution in [0.1, 0.15) is 26.7 Å². The van der Waals surface area contributed by atoms with Crippen molar-refractivity contribution in [1.82, 2.24) is 0 Å². The molecule has 0 heterocycles. The molecule has 0 unspecified atom stereocenters. The minimum absolute atomic E-state index is 0.185. The molecule has 0 spiro atoms. The first-order valence-corrected chi connectivity index (χ1v) is 4.38. The molecule has 0 amide bonds. The molecule has 2 aliphatic carbocycles. The molecule has 2 aliphatic rings. The van der Waals surface area contributed by atoms with Crippen molar-refractivity contribution in [3.63, 3.8) is 0 Å². The zero-order chi connectivity index (χ0) is 8.22. The highest BCUT2D eigenvalue weighted by atomic mass is 16.3. The number of hydrogen-bond acceptors (Lipinski definition) is 2. The summed E-state index contributed by atoms with van der Waals surface area (Å²) in [7, 11) is 0. The molecule has 0 radical (unpaired) electrons. The Morgan fingerprint density at radius 2 is 1.82 bits per heavy atom. The molecule has 2 saturated carbocycles. The van der Waals surface area contributed by atoms with Crippen LogP contribution >= 0.6 is 0 Å². The molecule has 2 heteroatoms. The first-order chi connectivity index (χ1) is 5.02.